The summed E-state index contributed by atoms with van der Waals surface area (Å²) in [5.74, 6) is -2.24. The lowest BCUT2D eigenvalue weighted by atomic mass is 9.84. The van der Waals surface area contributed by atoms with E-state index in [0.29, 0.717) is 12.8 Å². The first-order valence-corrected chi connectivity index (χ1v) is 5.40. The topological polar surface area (TPSA) is 29.1 Å². The molecule has 0 heterocycles. The minimum atomic E-state index is -4.23. The molecule has 0 aromatic carbocycles. The summed E-state index contributed by atoms with van der Waals surface area (Å²) in [5, 5.41) is 2.33. The number of nitrogens with one attached hydrogen (secondary N) is 1. The second-order valence-corrected chi connectivity index (χ2v) is 4.01. The first kappa shape index (κ1) is 12.6. The number of halogens is 4. The zero-order chi connectivity index (χ0) is 11.5. The fourth-order valence-electron chi connectivity index (χ4n) is 1.94. The van der Waals surface area contributed by atoms with Crippen LogP contribution in [0, 0.1) is 5.92 Å². The van der Waals surface area contributed by atoms with E-state index in [-0.39, 0.29) is 12.3 Å². The van der Waals surface area contributed by atoms with Gasteiger partial charge in [-0.15, -0.1) is 11.6 Å². The lowest BCUT2D eigenvalue weighted by Gasteiger charge is -2.33. The molecule has 6 heteroatoms. The monoisotopic (exact) mass is 243 g/mol. The molecule has 1 aliphatic rings. The van der Waals surface area contributed by atoms with Gasteiger partial charge >= 0.3 is 6.18 Å². The fourth-order valence-corrected chi connectivity index (χ4v) is 2.02. The predicted molar refractivity (Wildman–Crippen MR) is 50.7 cm³/mol. The molecule has 0 spiro atoms. The molecule has 1 saturated carbocycles. The summed E-state index contributed by atoms with van der Waals surface area (Å²) in [6.45, 7) is 0. The molecule has 0 bridgehead atoms. The van der Waals surface area contributed by atoms with E-state index < -0.39 is 24.0 Å². The summed E-state index contributed by atoms with van der Waals surface area (Å²) in [7, 11) is 0. The standard InChI is InChI=1S/C9H13ClF3NO/c10-5-8(15)14-7-4-2-1-3-6(7)9(11,12)13/h6-7H,1-5H2,(H,14,15)/t6-,7+/m0/s1. The average Bonchev–Trinajstić information content (AvgIpc) is 2.17. The lowest BCUT2D eigenvalue weighted by Crippen LogP contribution is -2.48. The molecule has 1 N–H and O–H groups in total. The van der Waals surface area contributed by atoms with Crippen LogP contribution in [0.25, 0.3) is 0 Å². The normalized spacial score (nSPS) is 27.5. The first-order chi connectivity index (χ1) is 6.95. The van der Waals surface area contributed by atoms with Crippen molar-refractivity contribution < 1.29 is 18.0 Å². The number of hydrogen-bond acceptors (Lipinski definition) is 1. The van der Waals surface area contributed by atoms with E-state index in [1.807, 2.05) is 0 Å². The fraction of sp³-hybridized carbons (Fsp3) is 0.889. The van der Waals surface area contributed by atoms with Crippen LogP contribution in [0.2, 0.25) is 0 Å². The van der Waals surface area contributed by atoms with Gasteiger partial charge in [0.2, 0.25) is 5.91 Å². The Balaban J connectivity index is 2.62. The number of rotatable bonds is 2. The smallest absolute Gasteiger partial charge is 0.352 e. The van der Waals surface area contributed by atoms with Crippen molar-refractivity contribution in [2.75, 3.05) is 5.88 Å². The number of alkyl halides is 4. The summed E-state index contributed by atoms with van der Waals surface area (Å²) >= 11 is 5.24. The Morgan fingerprint density at radius 1 is 1.33 bits per heavy atom. The van der Waals surface area contributed by atoms with E-state index in [9.17, 15) is 18.0 Å². The highest BCUT2D eigenvalue weighted by atomic mass is 35.5. The molecule has 0 radical (unpaired) electrons. The molecule has 2 nitrogen and oxygen atoms in total. The number of hydrogen-bond donors (Lipinski definition) is 1. The van der Waals surface area contributed by atoms with E-state index in [0.717, 1.165) is 6.42 Å². The van der Waals surface area contributed by atoms with Gasteiger partial charge in [0.05, 0.1) is 5.92 Å². The largest absolute Gasteiger partial charge is 0.393 e. The van der Waals surface area contributed by atoms with Crippen molar-refractivity contribution in [3.8, 4) is 0 Å². The molecule has 1 fully saturated rings. The quantitative estimate of drug-likeness (QED) is 0.742. The molecule has 0 unspecified atom stereocenters. The van der Waals surface area contributed by atoms with Crippen molar-refractivity contribution in [2.24, 2.45) is 5.92 Å². The maximum Gasteiger partial charge on any atom is 0.393 e. The summed E-state index contributed by atoms with van der Waals surface area (Å²) in [6, 6.07) is -0.801. The molecular weight excluding hydrogens is 231 g/mol. The van der Waals surface area contributed by atoms with E-state index in [1.165, 1.54) is 0 Å². The molecule has 15 heavy (non-hydrogen) atoms. The molecule has 1 amide bonds. The van der Waals surface area contributed by atoms with E-state index in [2.05, 4.69) is 5.32 Å². The molecule has 88 valence electrons. The highest BCUT2D eigenvalue weighted by molar-refractivity contribution is 6.27. The molecule has 0 saturated heterocycles. The van der Waals surface area contributed by atoms with Crippen LogP contribution in [0.15, 0.2) is 0 Å². The van der Waals surface area contributed by atoms with Crippen LogP contribution >= 0.6 is 11.6 Å². The average molecular weight is 244 g/mol. The van der Waals surface area contributed by atoms with Crippen molar-refractivity contribution in [2.45, 2.75) is 37.9 Å². The van der Waals surface area contributed by atoms with Gasteiger partial charge in [-0.05, 0) is 12.8 Å². The maximum atomic E-state index is 12.6. The SMILES string of the molecule is O=C(CCl)N[C@@H]1CCCC[C@@H]1C(F)(F)F. The van der Waals surface area contributed by atoms with Crippen LogP contribution in [0.5, 0.6) is 0 Å². The van der Waals surface area contributed by atoms with Gasteiger partial charge in [-0.1, -0.05) is 12.8 Å². The summed E-state index contributed by atoms with van der Waals surface area (Å²) in [6.07, 6.45) is -2.47. The molecule has 0 aromatic heterocycles. The minimum absolute atomic E-state index is 0.0940. The van der Waals surface area contributed by atoms with E-state index >= 15 is 0 Å². The number of carbonyl (C=O) groups is 1. The third-order valence-corrected chi connectivity index (χ3v) is 2.90. The Morgan fingerprint density at radius 3 is 2.47 bits per heavy atom. The molecule has 1 rings (SSSR count). The molecule has 2 atom stereocenters. The summed E-state index contributed by atoms with van der Waals surface area (Å²) in [4.78, 5) is 10.9. The lowest BCUT2D eigenvalue weighted by molar-refractivity contribution is -0.189. The van der Waals surface area contributed by atoms with Gasteiger partial charge < -0.3 is 5.32 Å². The van der Waals surface area contributed by atoms with Crippen molar-refractivity contribution >= 4 is 17.5 Å². The second-order valence-electron chi connectivity index (χ2n) is 3.74. The highest BCUT2D eigenvalue weighted by Gasteiger charge is 2.45. The van der Waals surface area contributed by atoms with Crippen LogP contribution in [0.4, 0.5) is 13.2 Å². The van der Waals surface area contributed by atoms with Gasteiger partial charge in [0.1, 0.15) is 5.88 Å². The van der Waals surface area contributed by atoms with Gasteiger partial charge in [0, 0.05) is 6.04 Å². The number of amides is 1. The molecule has 1 aliphatic carbocycles. The summed E-state index contributed by atoms with van der Waals surface area (Å²) < 4.78 is 37.7. The Bertz CT molecular complexity index is 232. The Labute approximate surface area is 91.2 Å². The van der Waals surface area contributed by atoms with Gasteiger partial charge in [0.15, 0.2) is 0 Å². The zero-order valence-corrected chi connectivity index (χ0v) is 8.87. The second kappa shape index (κ2) is 5.05. The van der Waals surface area contributed by atoms with Crippen LogP contribution < -0.4 is 5.32 Å². The predicted octanol–water partition coefficient (Wildman–Crippen LogP) is 2.46. The van der Waals surface area contributed by atoms with Crippen LogP contribution in [0.1, 0.15) is 25.7 Å². The Kier molecular flexibility index (Phi) is 4.25. The zero-order valence-electron chi connectivity index (χ0n) is 8.11. The van der Waals surface area contributed by atoms with Crippen molar-refractivity contribution in [1.82, 2.24) is 5.32 Å². The maximum absolute atomic E-state index is 12.6. The van der Waals surface area contributed by atoms with Crippen LogP contribution in [-0.2, 0) is 4.79 Å². The first-order valence-electron chi connectivity index (χ1n) is 4.87. The summed E-state index contributed by atoms with van der Waals surface area (Å²) in [5.41, 5.74) is 0. The number of carbonyl (C=O) groups excluding carboxylic acids is 1. The van der Waals surface area contributed by atoms with Crippen molar-refractivity contribution in [3.63, 3.8) is 0 Å². The van der Waals surface area contributed by atoms with Gasteiger partial charge in [-0.2, -0.15) is 13.2 Å². The van der Waals surface area contributed by atoms with Crippen molar-refractivity contribution in [1.29, 1.82) is 0 Å². The Morgan fingerprint density at radius 2 is 1.93 bits per heavy atom. The molecule has 0 aromatic rings. The van der Waals surface area contributed by atoms with Gasteiger partial charge in [-0.25, -0.2) is 0 Å². The molecular formula is C9H13ClF3NO. The van der Waals surface area contributed by atoms with Crippen LogP contribution in [0.3, 0.4) is 0 Å². The third kappa shape index (κ3) is 3.55. The molecule has 0 aliphatic heterocycles. The van der Waals surface area contributed by atoms with Crippen LogP contribution in [-0.4, -0.2) is 24.0 Å². The third-order valence-electron chi connectivity index (χ3n) is 2.65. The van der Waals surface area contributed by atoms with E-state index in [1.54, 1.807) is 0 Å². The van der Waals surface area contributed by atoms with Gasteiger partial charge in [0.25, 0.3) is 0 Å². The Hall–Kier alpha value is -0.450. The van der Waals surface area contributed by atoms with Gasteiger partial charge in [-0.3, -0.25) is 4.79 Å². The van der Waals surface area contributed by atoms with E-state index in [4.69, 9.17) is 11.6 Å². The highest BCUT2D eigenvalue weighted by Crippen LogP contribution is 2.37. The van der Waals surface area contributed by atoms with Crippen molar-refractivity contribution in [3.05, 3.63) is 0 Å². The minimum Gasteiger partial charge on any atom is -0.352 e.